The van der Waals surface area contributed by atoms with Crippen molar-refractivity contribution in [3.8, 4) is 17.2 Å². The van der Waals surface area contributed by atoms with Crippen LogP contribution in [0.1, 0.15) is 6.92 Å². The molecule has 0 radical (unpaired) electrons. The van der Waals surface area contributed by atoms with Gasteiger partial charge < -0.3 is 15.2 Å². The predicted octanol–water partition coefficient (Wildman–Crippen LogP) is 2.88. The molecule has 0 amide bonds. The second-order valence-corrected chi connectivity index (χ2v) is 7.35. The zero-order valence-corrected chi connectivity index (χ0v) is 16.0. The first-order valence-electron chi connectivity index (χ1n) is 7.48. The van der Waals surface area contributed by atoms with Crippen molar-refractivity contribution in [2.24, 2.45) is 5.73 Å². The van der Waals surface area contributed by atoms with Gasteiger partial charge in [0.15, 0.2) is 0 Å². The summed E-state index contributed by atoms with van der Waals surface area (Å²) < 4.78 is 37.0. The van der Waals surface area contributed by atoms with Crippen molar-refractivity contribution in [2.75, 3.05) is 20.7 Å². The molecule has 1 atom stereocenters. The van der Waals surface area contributed by atoms with Crippen molar-refractivity contribution in [2.45, 2.75) is 17.9 Å². The molecule has 0 aromatic heterocycles. The number of nitrogens with two attached hydrogens (primary N) is 1. The number of likely N-dealkylation sites (N-methyl/N-ethyl adjacent to an activating group) is 1. The van der Waals surface area contributed by atoms with Crippen molar-refractivity contribution in [3.63, 3.8) is 0 Å². The molecule has 0 fully saturated rings. The summed E-state index contributed by atoms with van der Waals surface area (Å²) in [7, 11) is -0.450. The van der Waals surface area contributed by atoms with E-state index < -0.39 is 10.0 Å². The maximum Gasteiger partial charge on any atom is 0.243 e. The van der Waals surface area contributed by atoms with Crippen LogP contribution < -0.4 is 15.2 Å². The minimum Gasteiger partial charge on any atom is -0.497 e. The monoisotopic (exact) mass is 386 g/mol. The molecule has 0 spiro atoms. The van der Waals surface area contributed by atoms with Gasteiger partial charge in [-0.05, 0) is 55.5 Å². The molecule has 2 aromatic rings. The summed E-state index contributed by atoms with van der Waals surface area (Å²) in [6.07, 6.45) is 0. The Labute approximate surface area is 155 Å². The summed E-state index contributed by atoms with van der Waals surface area (Å²) in [5.41, 5.74) is 5.54. The van der Waals surface area contributed by atoms with Crippen LogP contribution in [0.4, 0.5) is 0 Å². The number of nitrogens with zero attached hydrogens (tertiary/aromatic N) is 1. The van der Waals surface area contributed by atoms with Crippen molar-refractivity contribution in [1.82, 2.24) is 4.31 Å². The Hall–Kier alpha value is -1.80. The second kappa shape index (κ2) is 9.05. The van der Waals surface area contributed by atoms with Gasteiger partial charge in [0.1, 0.15) is 17.2 Å². The van der Waals surface area contributed by atoms with Crippen LogP contribution in [-0.2, 0) is 10.0 Å². The number of hydrogen-bond acceptors (Lipinski definition) is 5. The summed E-state index contributed by atoms with van der Waals surface area (Å²) in [5, 5.41) is 0. The average molecular weight is 387 g/mol. The first-order valence-corrected chi connectivity index (χ1v) is 8.92. The summed E-state index contributed by atoms with van der Waals surface area (Å²) in [6, 6.07) is 13.2. The lowest BCUT2D eigenvalue weighted by Crippen LogP contribution is -2.39. The minimum absolute atomic E-state index is 0. The van der Waals surface area contributed by atoms with Gasteiger partial charge in [0.05, 0.1) is 12.0 Å². The Morgan fingerprint density at radius 1 is 1.00 bits per heavy atom. The molecule has 25 heavy (non-hydrogen) atoms. The topological polar surface area (TPSA) is 81.9 Å². The smallest absolute Gasteiger partial charge is 0.243 e. The Morgan fingerprint density at radius 3 is 1.88 bits per heavy atom. The molecule has 2 rings (SSSR count). The Balaban J connectivity index is 0.00000312. The largest absolute Gasteiger partial charge is 0.497 e. The fourth-order valence-electron chi connectivity index (χ4n) is 2.01. The van der Waals surface area contributed by atoms with E-state index in [4.69, 9.17) is 15.2 Å². The molecule has 138 valence electrons. The van der Waals surface area contributed by atoms with Crippen molar-refractivity contribution < 1.29 is 17.9 Å². The summed E-state index contributed by atoms with van der Waals surface area (Å²) in [6.45, 7) is 2.02. The van der Waals surface area contributed by atoms with Gasteiger partial charge in [-0.2, -0.15) is 4.31 Å². The molecule has 1 unspecified atom stereocenters. The van der Waals surface area contributed by atoms with Crippen LogP contribution in [0.2, 0.25) is 0 Å². The van der Waals surface area contributed by atoms with Crippen molar-refractivity contribution in [1.29, 1.82) is 0 Å². The van der Waals surface area contributed by atoms with Crippen molar-refractivity contribution >= 4 is 22.4 Å². The molecule has 0 aliphatic rings. The van der Waals surface area contributed by atoms with Gasteiger partial charge in [0.2, 0.25) is 10.0 Å². The normalized spacial score (nSPS) is 12.4. The molecule has 2 N–H and O–H groups in total. The second-order valence-electron chi connectivity index (χ2n) is 5.35. The lowest BCUT2D eigenvalue weighted by molar-refractivity contribution is 0.394. The standard InChI is InChI=1S/C17H22N2O4S.ClH/c1-13(12-18)19(2)24(20,21)17-10-8-16(9-11-17)23-15-6-4-14(22-3)5-7-15;/h4-11,13H,12,18H2,1-3H3;1H. The zero-order chi connectivity index (χ0) is 17.7. The van der Waals surface area contributed by atoms with Gasteiger partial charge in [-0.25, -0.2) is 8.42 Å². The minimum atomic E-state index is -3.57. The number of sulfonamides is 1. The molecule has 2 aromatic carbocycles. The van der Waals surface area contributed by atoms with E-state index in [2.05, 4.69) is 0 Å². The molecule has 0 saturated heterocycles. The van der Waals surface area contributed by atoms with Gasteiger partial charge in [0.25, 0.3) is 0 Å². The number of hydrogen-bond donors (Lipinski definition) is 1. The lowest BCUT2D eigenvalue weighted by atomic mass is 10.3. The molecule has 0 aliphatic carbocycles. The molecular weight excluding hydrogens is 364 g/mol. The van der Waals surface area contributed by atoms with Crippen molar-refractivity contribution in [3.05, 3.63) is 48.5 Å². The maximum absolute atomic E-state index is 12.5. The summed E-state index contributed by atoms with van der Waals surface area (Å²) >= 11 is 0. The van der Waals surface area contributed by atoms with E-state index in [1.165, 1.54) is 23.5 Å². The fourth-order valence-corrected chi connectivity index (χ4v) is 3.38. The quantitative estimate of drug-likeness (QED) is 0.791. The summed E-state index contributed by atoms with van der Waals surface area (Å²) in [4.78, 5) is 0.201. The molecule has 0 saturated carbocycles. The molecule has 0 bridgehead atoms. The Morgan fingerprint density at radius 2 is 1.44 bits per heavy atom. The highest BCUT2D eigenvalue weighted by molar-refractivity contribution is 7.89. The third-order valence-electron chi connectivity index (χ3n) is 3.76. The van der Waals surface area contributed by atoms with Crippen LogP contribution in [0.5, 0.6) is 17.2 Å². The van der Waals surface area contributed by atoms with E-state index in [1.54, 1.807) is 50.4 Å². The van der Waals surface area contributed by atoms with Crippen LogP contribution in [-0.4, -0.2) is 39.5 Å². The van der Waals surface area contributed by atoms with E-state index in [-0.39, 0.29) is 29.9 Å². The first kappa shape index (κ1) is 21.2. The van der Waals surface area contributed by atoms with Gasteiger partial charge in [-0.3, -0.25) is 0 Å². The molecule has 6 nitrogen and oxygen atoms in total. The van der Waals surface area contributed by atoms with Crippen LogP contribution in [0.3, 0.4) is 0 Å². The number of rotatable bonds is 7. The summed E-state index contributed by atoms with van der Waals surface area (Å²) in [5.74, 6) is 1.93. The third-order valence-corrected chi connectivity index (χ3v) is 5.74. The SMILES string of the molecule is COc1ccc(Oc2ccc(S(=O)(=O)N(C)C(C)CN)cc2)cc1.Cl. The Bertz CT molecular complexity index is 764. The lowest BCUT2D eigenvalue weighted by Gasteiger charge is -2.23. The first-order chi connectivity index (χ1) is 11.4. The van der Waals surface area contributed by atoms with Crippen LogP contribution >= 0.6 is 12.4 Å². The highest BCUT2D eigenvalue weighted by Crippen LogP contribution is 2.25. The van der Waals surface area contributed by atoms with E-state index in [0.29, 0.717) is 11.5 Å². The molecule has 0 heterocycles. The van der Waals surface area contributed by atoms with E-state index in [0.717, 1.165) is 5.75 Å². The number of benzene rings is 2. The fraction of sp³-hybridized carbons (Fsp3) is 0.294. The average Bonchev–Trinajstić information content (AvgIpc) is 2.61. The third kappa shape index (κ3) is 5.09. The van der Waals surface area contributed by atoms with Gasteiger partial charge in [-0.1, -0.05) is 0 Å². The molecule has 0 aliphatic heterocycles. The van der Waals surface area contributed by atoms with E-state index in [1.807, 2.05) is 0 Å². The van der Waals surface area contributed by atoms with E-state index in [9.17, 15) is 8.42 Å². The molecule has 8 heteroatoms. The highest BCUT2D eigenvalue weighted by Gasteiger charge is 2.24. The zero-order valence-electron chi connectivity index (χ0n) is 14.4. The van der Waals surface area contributed by atoms with Gasteiger partial charge in [0, 0.05) is 19.6 Å². The number of halogens is 1. The Kier molecular flexibility index (Phi) is 7.69. The number of ether oxygens (including phenoxy) is 2. The van der Waals surface area contributed by atoms with Crippen LogP contribution in [0, 0.1) is 0 Å². The predicted molar refractivity (Wildman–Crippen MR) is 100 cm³/mol. The highest BCUT2D eigenvalue weighted by atomic mass is 35.5. The van der Waals surface area contributed by atoms with E-state index >= 15 is 0 Å². The maximum atomic E-state index is 12.5. The van der Waals surface area contributed by atoms with Crippen LogP contribution in [0.15, 0.2) is 53.4 Å². The molecular formula is C17H23ClN2O4S. The van der Waals surface area contributed by atoms with Gasteiger partial charge in [-0.15, -0.1) is 12.4 Å². The van der Waals surface area contributed by atoms with Crippen LogP contribution in [0.25, 0.3) is 0 Å². The van der Waals surface area contributed by atoms with Gasteiger partial charge >= 0.3 is 0 Å². The number of methoxy groups -OCH3 is 1.